The number of aliphatic hydroxyl groups excluding tert-OH is 2. The molecule has 1 atom stereocenters. The molecule has 0 bridgehead atoms. The van der Waals surface area contributed by atoms with Gasteiger partial charge < -0.3 is 14.9 Å². The first-order valence-electron chi connectivity index (χ1n) is 16.5. The molecular weight excluding hydrogens is 492 g/mol. The number of esters is 1. The number of rotatable bonds is 29. The fraction of sp³-hybridized carbons (Fsp3) is 0.909. The summed E-state index contributed by atoms with van der Waals surface area (Å²) in [7, 11) is 0. The minimum absolute atomic E-state index is 0.0539. The molecule has 1 unspecified atom stereocenters. The number of ether oxygens (including phenoxy) is 1. The maximum Gasteiger partial charge on any atom is 0.307 e. The van der Waals surface area contributed by atoms with Crippen LogP contribution in [0.5, 0.6) is 0 Å². The fourth-order valence-electron chi connectivity index (χ4n) is 5.15. The van der Waals surface area contributed by atoms with Gasteiger partial charge in [-0.3, -0.25) is 14.4 Å². The summed E-state index contributed by atoms with van der Waals surface area (Å²) in [4.78, 5) is 39.8. The van der Waals surface area contributed by atoms with Gasteiger partial charge in [0.1, 0.15) is 6.10 Å². The van der Waals surface area contributed by atoms with E-state index in [0.29, 0.717) is 19.3 Å². The molecule has 0 aromatic rings. The van der Waals surface area contributed by atoms with Crippen LogP contribution in [0.2, 0.25) is 0 Å². The largest absolute Gasteiger partial charge is 0.440 e. The highest BCUT2D eigenvalue weighted by Gasteiger charge is 2.53. The lowest BCUT2D eigenvalue weighted by Gasteiger charge is -2.34. The van der Waals surface area contributed by atoms with Gasteiger partial charge in [-0.15, -0.1) is 0 Å². The first-order valence-corrected chi connectivity index (χ1v) is 16.5. The zero-order chi connectivity index (χ0) is 29.2. The first kappa shape index (κ1) is 37.7. The summed E-state index contributed by atoms with van der Waals surface area (Å²) in [6.45, 7) is 5.70. The van der Waals surface area contributed by atoms with Crippen LogP contribution in [0.4, 0.5) is 0 Å². The van der Waals surface area contributed by atoms with Crippen molar-refractivity contribution >= 4 is 17.5 Å². The lowest BCUT2D eigenvalue weighted by molar-refractivity contribution is -0.188. The number of carbonyl (C=O) groups excluding carboxylic acids is 3. The summed E-state index contributed by atoms with van der Waals surface area (Å²) >= 11 is 0. The average Bonchev–Trinajstić information content (AvgIpc) is 2.93. The lowest BCUT2D eigenvalue weighted by atomic mass is 9.82. The van der Waals surface area contributed by atoms with E-state index in [-0.39, 0.29) is 19.3 Å². The number of aliphatic hydroxyl groups is 2. The summed E-state index contributed by atoms with van der Waals surface area (Å²) in [5.74, 6) is -1.78. The Morgan fingerprint density at radius 3 is 1.18 bits per heavy atom. The Labute approximate surface area is 240 Å². The Hall–Kier alpha value is -1.27. The van der Waals surface area contributed by atoms with Crippen molar-refractivity contribution in [1.82, 2.24) is 0 Å². The Morgan fingerprint density at radius 1 is 0.538 bits per heavy atom. The Bertz CT molecular complexity index is 587. The molecule has 39 heavy (non-hydrogen) atoms. The number of unbranched alkanes of at least 4 members (excludes halogenated alkanes) is 18. The highest BCUT2D eigenvalue weighted by atomic mass is 16.6. The van der Waals surface area contributed by atoms with Gasteiger partial charge in [0, 0.05) is 19.3 Å². The number of Topliss-reactive ketones (excluding diaryl/α,β-unsaturated/α-hetero) is 2. The van der Waals surface area contributed by atoms with Crippen LogP contribution in [-0.2, 0) is 19.1 Å². The summed E-state index contributed by atoms with van der Waals surface area (Å²) < 4.78 is 5.63. The van der Waals surface area contributed by atoms with Crippen molar-refractivity contribution in [1.29, 1.82) is 0 Å². The van der Waals surface area contributed by atoms with Gasteiger partial charge in [0.05, 0.1) is 6.61 Å². The van der Waals surface area contributed by atoms with Gasteiger partial charge in [0.2, 0.25) is 0 Å². The average molecular weight is 555 g/mol. The van der Waals surface area contributed by atoms with Gasteiger partial charge in [0.15, 0.2) is 11.6 Å². The van der Waals surface area contributed by atoms with E-state index < -0.39 is 35.8 Å². The second-order valence-electron chi connectivity index (χ2n) is 11.4. The number of carbonyl (C=O) groups is 3. The van der Waals surface area contributed by atoms with Crippen LogP contribution in [0.1, 0.15) is 175 Å². The third-order valence-electron chi connectivity index (χ3n) is 7.74. The van der Waals surface area contributed by atoms with Crippen molar-refractivity contribution in [2.45, 2.75) is 187 Å². The SMILES string of the molecule is CCCCCCCCCC(=O)OC(C(=O)CCCCCCCCC)(C(=O)CCCCCCCCC)C(O)CO. The monoisotopic (exact) mass is 554 g/mol. The molecule has 0 saturated carbocycles. The second-order valence-corrected chi connectivity index (χ2v) is 11.4. The molecule has 0 aromatic heterocycles. The topological polar surface area (TPSA) is 101 Å². The van der Waals surface area contributed by atoms with Crippen LogP contribution in [0.25, 0.3) is 0 Å². The van der Waals surface area contributed by atoms with Crippen molar-refractivity contribution in [2.24, 2.45) is 0 Å². The molecule has 0 aliphatic rings. The van der Waals surface area contributed by atoms with Crippen LogP contribution in [-0.4, -0.2) is 46.1 Å². The minimum Gasteiger partial charge on any atom is -0.440 e. The summed E-state index contributed by atoms with van der Waals surface area (Å²) in [5, 5.41) is 20.6. The Morgan fingerprint density at radius 2 is 0.846 bits per heavy atom. The number of hydrogen-bond donors (Lipinski definition) is 2. The molecule has 6 nitrogen and oxygen atoms in total. The van der Waals surface area contributed by atoms with Crippen LogP contribution >= 0.6 is 0 Å². The Balaban J connectivity index is 5.22. The van der Waals surface area contributed by atoms with Crippen molar-refractivity contribution in [3.63, 3.8) is 0 Å². The molecule has 0 saturated heterocycles. The first-order chi connectivity index (χ1) is 18.9. The standard InChI is InChI=1S/C33H62O6/c1-4-7-10-13-16-19-22-25-29(35)33(31(37)28-34,30(36)26-23-20-17-14-11-8-5-2)39-32(38)27-24-21-18-15-12-9-6-3/h31,34,37H,4-28H2,1-3H3. The van der Waals surface area contributed by atoms with Crippen LogP contribution in [0.15, 0.2) is 0 Å². The highest BCUT2D eigenvalue weighted by molar-refractivity contribution is 6.12. The fourth-order valence-corrected chi connectivity index (χ4v) is 5.15. The normalized spacial score (nSPS) is 12.4. The van der Waals surface area contributed by atoms with Crippen LogP contribution in [0, 0.1) is 0 Å². The molecule has 0 aliphatic heterocycles. The third-order valence-corrected chi connectivity index (χ3v) is 7.74. The van der Waals surface area contributed by atoms with E-state index in [2.05, 4.69) is 20.8 Å². The van der Waals surface area contributed by atoms with E-state index in [1.165, 1.54) is 57.8 Å². The zero-order valence-corrected chi connectivity index (χ0v) is 25.8. The van der Waals surface area contributed by atoms with Gasteiger partial charge >= 0.3 is 5.97 Å². The van der Waals surface area contributed by atoms with Crippen LogP contribution < -0.4 is 0 Å². The molecule has 230 valence electrons. The number of ketones is 2. The summed E-state index contributed by atoms with van der Waals surface area (Å²) in [5.41, 5.74) is -2.29. The molecular formula is C33H62O6. The van der Waals surface area contributed by atoms with E-state index in [0.717, 1.165) is 57.8 Å². The molecule has 6 heteroatoms. The molecule has 0 fully saturated rings. The maximum absolute atomic E-state index is 13.5. The molecule has 0 amide bonds. The second kappa shape index (κ2) is 25.7. The smallest absolute Gasteiger partial charge is 0.307 e. The lowest BCUT2D eigenvalue weighted by Crippen LogP contribution is -2.60. The molecule has 0 radical (unpaired) electrons. The van der Waals surface area contributed by atoms with Gasteiger partial charge in [-0.1, -0.05) is 136 Å². The third kappa shape index (κ3) is 17.2. The van der Waals surface area contributed by atoms with E-state index in [1.54, 1.807) is 0 Å². The minimum atomic E-state index is -2.29. The van der Waals surface area contributed by atoms with Gasteiger partial charge in [-0.05, 0) is 19.3 Å². The molecule has 0 spiro atoms. The molecule has 0 aromatic carbocycles. The summed E-state index contributed by atoms with van der Waals surface area (Å²) in [6, 6.07) is 0. The van der Waals surface area contributed by atoms with Crippen molar-refractivity contribution in [3.05, 3.63) is 0 Å². The van der Waals surface area contributed by atoms with E-state index in [4.69, 9.17) is 4.74 Å². The van der Waals surface area contributed by atoms with Gasteiger partial charge in [-0.25, -0.2) is 0 Å². The van der Waals surface area contributed by atoms with E-state index in [9.17, 15) is 24.6 Å². The van der Waals surface area contributed by atoms with Crippen molar-refractivity contribution < 1.29 is 29.3 Å². The Kier molecular flexibility index (Phi) is 24.8. The molecule has 0 aliphatic carbocycles. The quantitative estimate of drug-likeness (QED) is 0.0549. The zero-order valence-electron chi connectivity index (χ0n) is 25.8. The van der Waals surface area contributed by atoms with Gasteiger partial charge in [-0.2, -0.15) is 0 Å². The van der Waals surface area contributed by atoms with Gasteiger partial charge in [0.25, 0.3) is 5.60 Å². The maximum atomic E-state index is 13.5. The summed E-state index contributed by atoms with van der Waals surface area (Å²) in [6.07, 6.45) is 19.9. The van der Waals surface area contributed by atoms with Crippen molar-refractivity contribution in [2.75, 3.05) is 6.61 Å². The molecule has 2 N–H and O–H groups in total. The molecule has 0 rings (SSSR count). The predicted molar refractivity (Wildman–Crippen MR) is 160 cm³/mol. The molecule has 0 heterocycles. The number of hydrogen-bond acceptors (Lipinski definition) is 6. The highest BCUT2D eigenvalue weighted by Crippen LogP contribution is 2.27. The van der Waals surface area contributed by atoms with E-state index in [1.807, 2.05) is 0 Å². The van der Waals surface area contributed by atoms with Crippen molar-refractivity contribution in [3.8, 4) is 0 Å². The van der Waals surface area contributed by atoms with E-state index >= 15 is 0 Å². The predicted octanol–water partition coefficient (Wildman–Crippen LogP) is 8.18. The van der Waals surface area contributed by atoms with Crippen LogP contribution in [0.3, 0.4) is 0 Å².